The molecule has 0 spiro atoms. The Kier molecular flexibility index (Phi) is 7.88. The van der Waals surface area contributed by atoms with Gasteiger partial charge in [0.05, 0.1) is 19.6 Å². The van der Waals surface area contributed by atoms with Gasteiger partial charge in [0, 0.05) is 19.2 Å². The van der Waals surface area contributed by atoms with Crippen molar-refractivity contribution < 1.29 is 19.1 Å². The molecule has 5 nitrogen and oxygen atoms in total. The average Bonchev–Trinajstić information content (AvgIpc) is 2.52. The molecular formula is C18H25NO4. The molecular weight excluding hydrogens is 294 g/mol. The minimum atomic E-state index is -0.321. The topological polar surface area (TPSA) is 55.8 Å². The molecule has 5 heteroatoms. The quantitative estimate of drug-likeness (QED) is 0.546. The first kappa shape index (κ1) is 18.7. The van der Waals surface area contributed by atoms with Gasteiger partial charge in [0.25, 0.3) is 0 Å². The molecule has 0 radical (unpaired) electrons. The number of benzene rings is 1. The van der Waals surface area contributed by atoms with Gasteiger partial charge in [-0.2, -0.15) is 0 Å². The first-order chi connectivity index (χ1) is 11.0. The Bertz CT molecular complexity index is 552. The largest absolute Gasteiger partial charge is 0.491 e. The molecule has 0 aromatic heterocycles. The highest BCUT2D eigenvalue weighted by Crippen LogP contribution is 2.16. The molecule has 0 bridgehead atoms. The summed E-state index contributed by atoms with van der Waals surface area (Å²) in [6.45, 7) is 6.69. The van der Waals surface area contributed by atoms with Crippen molar-refractivity contribution in [2.45, 2.75) is 33.3 Å². The lowest BCUT2D eigenvalue weighted by molar-refractivity contribution is -0.141. The Morgan fingerprint density at radius 1 is 1.30 bits per heavy atom. The first-order valence-electron chi connectivity index (χ1n) is 7.76. The van der Waals surface area contributed by atoms with Crippen molar-refractivity contribution in [3.05, 3.63) is 35.9 Å². The second kappa shape index (κ2) is 9.66. The van der Waals surface area contributed by atoms with E-state index < -0.39 is 0 Å². The first-order valence-corrected chi connectivity index (χ1v) is 7.76. The van der Waals surface area contributed by atoms with Crippen molar-refractivity contribution in [2.24, 2.45) is 0 Å². The molecule has 1 aromatic rings. The molecule has 0 aliphatic heterocycles. The van der Waals surface area contributed by atoms with E-state index in [1.165, 1.54) is 13.2 Å². The highest BCUT2D eigenvalue weighted by atomic mass is 16.5. The van der Waals surface area contributed by atoms with E-state index in [0.717, 1.165) is 11.3 Å². The van der Waals surface area contributed by atoms with Crippen LogP contribution in [0.5, 0.6) is 5.75 Å². The molecule has 126 valence electrons. The number of esters is 1. The fraction of sp³-hybridized carbons (Fsp3) is 0.444. The fourth-order valence-corrected chi connectivity index (χ4v) is 1.99. The summed E-state index contributed by atoms with van der Waals surface area (Å²) in [4.78, 5) is 24.9. The van der Waals surface area contributed by atoms with Crippen molar-refractivity contribution in [1.29, 1.82) is 0 Å². The zero-order valence-corrected chi connectivity index (χ0v) is 14.2. The highest BCUT2D eigenvalue weighted by molar-refractivity contribution is 5.92. The normalized spacial score (nSPS) is 10.8. The minimum absolute atomic E-state index is 0.102. The van der Waals surface area contributed by atoms with E-state index in [2.05, 4.69) is 4.74 Å². The number of ether oxygens (including phenoxy) is 2. The third kappa shape index (κ3) is 7.00. The van der Waals surface area contributed by atoms with Gasteiger partial charge in [0.2, 0.25) is 5.91 Å². The molecule has 1 aromatic carbocycles. The number of rotatable bonds is 8. The number of hydrogen-bond donors (Lipinski definition) is 0. The van der Waals surface area contributed by atoms with Gasteiger partial charge in [0.1, 0.15) is 5.75 Å². The molecule has 0 aliphatic rings. The van der Waals surface area contributed by atoms with Crippen LogP contribution in [0.2, 0.25) is 0 Å². The molecule has 0 fully saturated rings. The van der Waals surface area contributed by atoms with Gasteiger partial charge in [-0.15, -0.1) is 0 Å². The van der Waals surface area contributed by atoms with Crippen LogP contribution in [0, 0.1) is 0 Å². The molecule has 0 heterocycles. The SMILES string of the molecule is CCN(CCC(=O)OC)C(=O)/C=C/c1cccc(OC(C)C)c1. The molecule has 1 rings (SSSR count). The van der Waals surface area contributed by atoms with Crippen LogP contribution in [0.3, 0.4) is 0 Å². The van der Waals surface area contributed by atoms with Gasteiger partial charge in [-0.3, -0.25) is 9.59 Å². The van der Waals surface area contributed by atoms with Crippen molar-refractivity contribution in [2.75, 3.05) is 20.2 Å². The van der Waals surface area contributed by atoms with Crippen LogP contribution in [0.25, 0.3) is 6.08 Å². The zero-order valence-electron chi connectivity index (χ0n) is 14.2. The number of amides is 1. The fourth-order valence-electron chi connectivity index (χ4n) is 1.99. The standard InChI is InChI=1S/C18H25NO4/c1-5-19(12-11-18(21)22-4)17(20)10-9-15-7-6-8-16(13-15)23-14(2)3/h6-10,13-14H,5,11-12H2,1-4H3/b10-9+. The van der Waals surface area contributed by atoms with Crippen LogP contribution in [-0.2, 0) is 14.3 Å². The van der Waals surface area contributed by atoms with Crippen LogP contribution in [-0.4, -0.2) is 43.1 Å². The summed E-state index contributed by atoms with van der Waals surface area (Å²) in [5.74, 6) is 0.318. The molecule has 0 saturated carbocycles. The Labute approximate surface area is 137 Å². The van der Waals surface area contributed by atoms with Crippen molar-refractivity contribution in [1.82, 2.24) is 4.90 Å². The number of carbonyl (C=O) groups excluding carboxylic acids is 2. The number of methoxy groups -OCH3 is 1. The Morgan fingerprint density at radius 2 is 2.04 bits per heavy atom. The maximum Gasteiger partial charge on any atom is 0.307 e. The van der Waals surface area contributed by atoms with E-state index in [9.17, 15) is 9.59 Å². The predicted molar refractivity (Wildman–Crippen MR) is 90.1 cm³/mol. The summed E-state index contributed by atoms with van der Waals surface area (Å²) >= 11 is 0. The Hall–Kier alpha value is -2.30. The van der Waals surface area contributed by atoms with E-state index in [-0.39, 0.29) is 24.4 Å². The van der Waals surface area contributed by atoms with Gasteiger partial charge in [-0.25, -0.2) is 0 Å². The summed E-state index contributed by atoms with van der Waals surface area (Å²) in [7, 11) is 1.34. The monoisotopic (exact) mass is 319 g/mol. The maximum absolute atomic E-state index is 12.2. The molecule has 0 aliphatic carbocycles. The molecule has 0 saturated heterocycles. The number of carbonyl (C=O) groups is 2. The maximum atomic E-state index is 12.2. The van der Waals surface area contributed by atoms with E-state index in [1.54, 1.807) is 11.0 Å². The van der Waals surface area contributed by atoms with Crippen molar-refractivity contribution in [3.63, 3.8) is 0 Å². The lowest BCUT2D eigenvalue weighted by atomic mass is 10.2. The van der Waals surface area contributed by atoms with Crippen molar-refractivity contribution >= 4 is 18.0 Å². The number of nitrogens with zero attached hydrogens (tertiary/aromatic N) is 1. The molecule has 1 amide bonds. The lowest BCUT2D eigenvalue weighted by Crippen LogP contribution is -2.31. The molecule has 23 heavy (non-hydrogen) atoms. The lowest BCUT2D eigenvalue weighted by Gasteiger charge is -2.18. The van der Waals surface area contributed by atoms with Crippen LogP contribution in [0.1, 0.15) is 32.8 Å². The summed E-state index contributed by atoms with van der Waals surface area (Å²) < 4.78 is 10.2. The van der Waals surface area contributed by atoms with E-state index >= 15 is 0 Å². The van der Waals surface area contributed by atoms with E-state index in [0.29, 0.717) is 13.1 Å². The number of likely N-dealkylation sites (N-methyl/N-ethyl adjacent to an activating group) is 1. The van der Waals surface area contributed by atoms with Gasteiger partial charge >= 0.3 is 5.97 Å². The predicted octanol–water partition coefficient (Wildman–Crippen LogP) is 2.90. The third-order valence-electron chi connectivity index (χ3n) is 3.16. The van der Waals surface area contributed by atoms with Gasteiger partial charge in [-0.1, -0.05) is 12.1 Å². The summed E-state index contributed by atoms with van der Waals surface area (Å²) in [5.41, 5.74) is 0.889. The van der Waals surface area contributed by atoms with Crippen LogP contribution >= 0.6 is 0 Å². The third-order valence-corrected chi connectivity index (χ3v) is 3.16. The second-order valence-corrected chi connectivity index (χ2v) is 5.32. The minimum Gasteiger partial charge on any atom is -0.491 e. The summed E-state index contributed by atoms with van der Waals surface area (Å²) in [6, 6.07) is 7.56. The van der Waals surface area contributed by atoms with E-state index in [4.69, 9.17) is 4.74 Å². The van der Waals surface area contributed by atoms with Gasteiger partial charge < -0.3 is 14.4 Å². The number of hydrogen-bond acceptors (Lipinski definition) is 4. The van der Waals surface area contributed by atoms with Gasteiger partial charge in [-0.05, 0) is 44.5 Å². The van der Waals surface area contributed by atoms with Gasteiger partial charge in [0.15, 0.2) is 0 Å². The summed E-state index contributed by atoms with van der Waals surface area (Å²) in [5, 5.41) is 0. The molecule has 0 unspecified atom stereocenters. The van der Waals surface area contributed by atoms with Crippen LogP contribution in [0.4, 0.5) is 0 Å². The smallest absolute Gasteiger partial charge is 0.307 e. The van der Waals surface area contributed by atoms with Crippen LogP contribution < -0.4 is 4.74 Å². The zero-order chi connectivity index (χ0) is 17.2. The average molecular weight is 319 g/mol. The van der Waals surface area contributed by atoms with Crippen LogP contribution in [0.15, 0.2) is 30.3 Å². The molecule has 0 atom stereocenters. The second-order valence-electron chi connectivity index (χ2n) is 5.32. The highest BCUT2D eigenvalue weighted by Gasteiger charge is 2.10. The Morgan fingerprint density at radius 3 is 2.65 bits per heavy atom. The molecule has 0 N–H and O–H groups in total. The van der Waals surface area contributed by atoms with E-state index in [1.807, 2.05) is 45.0 Å². The summed E-state index contributed by atoms with van der Waals surface area (Å²) in [6.07, 6.45) is 3.55. The Balaban J connectivity index is 2.67. The van der Waals surface area contributed by atoms with Crippen molar-refractivity contribution in [3.8, 4) is 5.75 Å².